The molecule has 5 nitrogen and oxygen atoms in total. The van der Waals surface area contributed by atoms with Crippen LogP contribution in [0.3, 0.4) is 0 Å². The lowest BCUT2D eigenvalue weighted by Crippen LogP contribution is -2.37. The zero-order valence-electron chi connectivity index (χ0n) is 12.7. The minimum Gasteiger partial charge on any atom is -0.494 e. The summed E-state index contributed by atoms with van der Waals surface area (Å²) in [5.74, 6) is -0.00828. The van der Waals surface area contributed by atoms with Crippen LogP contribution in [0.25, 0.3) is 0 Å². The molecule has 2 fully saturated rings. The van der Waals surface area contributed by atoms with Crippen molar-refractivity contribution in [2.75, 3.05) is 19.7 Å². The van der Waals surface area contributed by atoms with Gasteiger partial charge in [0.15, 0.2) is 0 Å². The zero-order chi connectivity index (χ0) is 15.7. The summed E-state index contributed by atoms with van der Waals surface area (Å²) < 4.78 is 5.37. The van der Waals surface area contributed by atoms with Gasteiger partial charge in [-0.2, -0.15) is 0 Å². The van der Waals surface area contributed by atoms with Gasteiger partial charge in [0.2, 0.25) is 0 Å². The highest BCUT2D eigenvalue weighted by molar-refractivity contribution is 5.95. The molecule has 0 unspecified atom stereocenters. The molecule has 1 aromatic rings. The lowest BCUT2D eigenvalue weighted by molar-refractivity contribution is -0.149. The number of carboxylic acids is 1. The summed E-state index contributed by atoms with van der Waals surface area (Å²) in [6.45, 7) is 3.38. The van der Waals surface area contributed by atoms with Crippen LogP contribution in [0.4, 0.5) is 0 Å². The maximum Gasteiger partial charge on any atom is 0.311 e. The summed E-state index contributed by atoms with van der Waals surface area (Å²) in [6, 6.07) is 7.05. The molecule has 0 bridgehead atoms. The van der Waals surface area contributed by atoms with E-state index in [1.165, 1.54) is 0 Å². The van der Waals surface area contributed by atoms with Gasteiger partial charge in [0.05, 0.1) is 12.0 Å². The Labute approximate surface area is 129 Å². The molecular formula is C17H21NO4. The van der Waals surface area contributed by atoms with Crippen molar-refractivity contribution in [1.82, 2.24) is 4.90 Å². The Hall–Kier alpha value is -2.04. The van der Waals surface area contributed by atoms with Crippen LogP contribution in [0.1, 0.15) is 36.5 Å². The molecule has 1 saturated carbocycles. The molecule has 3 rings (SSSR count). The van der Waals surface area contributed by atoms with Gasteiger partial charge in [0.25, 0.3) is 5.91 Å². The molecule has 0 spiro atoms. The summed E-state index contributed by atoms with van der Waals surface area (Å²) in [7, 11) is 0. The number of carbonyl (C=O) groups is 2. The van der Waals surface area contributed by atoms with Gasteiger partial charge in [-0.15, -0.1) is 0 Å². The van der Waals surface area contributed by atoms with Crippen LogP contribution in [0.5, 0.6) is 5.75 Å². The Morgan fingerprint density at radius 1 is 1.36 bits per heavy atom. The minimum absolute atomic E-state index is 0.0851. The van der Waals surface area contributed by atoms with E-state index in [1.807, 2.05) is 6.92 Å². The first-order valence-electron chi connectivity index (χ1n) is 7.82. The molecule has 1 aromatic carbocycles. The Morgan fingerprint density at radius 3 is 2.68 bits per heavy atom. The minimum atomic E-state index is -0.753. The molecular weight excluding hydrogens is 282 g/mol. The summed E-state index contributed by atoms with van der Waals surface area (Å²) >= 11 is 0. The van der Waals surface area contributed by atoms with Crippen molar-refractivity contribution >= 4 is 11.9 Å². The standard InChI is InChI=1S/C17H21NO4/c1-2-22-14-7-5-12(6-8-14)15(19)18-10-13-4-3-9-17(13,11-18)16(20)21/h5-8,13H,2-4,9-11H2,1H3,(H,20,21)/t13-,17+/m0/s1. The zero-order valence-corrected chi connectivity index (χ0v) is 12.7. The Morgan fingerprint density at radius 2 is 2.09 bits per heavy atom. The predicted octanol–water partition coefficient (Wildman–Crippen LogP) is 2.41. The number of ether oxygens (including phenoxy) is 1. The highest BCUT2D eigenvalue weighted by Gasteiger charge is 2.55. The van der Waals surface area contributed by atoms with Crippen molar-refractivity contribution in [3.63, 3.8) is 0 Å². The third-order valence-corrected chi connectivity index (χ3v) is 5.00. The van der Waals surface area contributed by atoms with Crippen molar-refractivity contribution in [3.8, 4) is 5.75 Å². The van der Waals surface area contributed by atoms with Crippen molar-refractivity contribution < 1.29 is 19.4 Å². The third-order valence-electron chi connectivity index (χ3n) is 5.00. The number of hydrogen-bond donors (Lipinski definition) is 1. The predicted molar refractivity (Wildman–Crippen MR) is 80.9 cm³/mol. The molecule has 1 amide bonds. The Bertz CT molecular complexity index is 583. The molecule has 1 aliphatic carbocycles. The Balaban J connectivity index is 1.75. The van der Waals surface area contributed by atoms with Gasteiger partial charge in [0, 0.05) is 18.7 Å². The monoisotopic (exact) mass is 303 g/mol. The van der Waals surface area contributed by atoms with Gasteiger partial charge >= 0.3 is 5.97 Å². The van der Waals surface area contributed by atoms with Crippen LogP contribution in [0, 0.1) is 11.3 Å². The van der Waals surface area contributed by atoms with Crippen LogP contribution in [-0.2, 0) is 4.79 Å². The highest BCUT2D eigenvalue weighted by Crippen LogP contribution is 2.49. The summed E-state index contributed by atoms with van der Waals surface area (Å²) in [5.41, 5.74) is -0.134. The first-order valence-corrected chi connectivity index (χ1v) is 7.82. The molecule has 2 atom stereocenters. The van der Waals surface area contributed by atoms with Gasteiger partial charge in [-0.3, -0.25) is 9.59 Å². The van der Waals surface area contributed by atoms with Gasteiger partial charge in [-0.1, -0.05) is 6.42 Å². The lowest BCUT2D eigenvalue weighted by Gasteiger charge is -2.23. The molecule has 0 aromatic heterocycles. The van der Waals surface area contributed by atoms with E-state index in [0.29, 0.717) is 31.7 Å². The molecule has 0 radical (unpaired) electrons. The SMILES string of the molecule is CCOc1ccc(C(=O)N2C[C@@H]3CCC[C@@]3(C(=O)O)C2)cc1. The number of aliphatic carboxylic acids is 1. The van der Waals surface area contributed by atoms with Gasteiger partial charge in [-0.05, 0) is 49.9 Å². The van der Waals surface area contributed by atoms with Gasteiger partial charge in [-0.25, -0.2) is 0 Å². The third kappa shape index (κ3) is 2.34. The average Bonchev–Trinajstić information content (AvgIpc) is 3.05. The fourth-order valence-corrected chi connectivity index (χ4v) is 3.84. The van der Waals surface area contributed by atoms with Crippen molar-refractivity contribution in [2.24, 2.45) is 11.3 Å². The summed E-state index contributed by atoms with van der Waals surface area (Å²) in [4.78, 5) is 26.0. The number of nitrogens with zero attached hydrogens (tertiary/aromatic N) is 1. The van der Waals surface area contributed by atoms with Crippen LogP contribution in [0.2, 0.25) is 0 Å². The highest BCUT2D eigenvalue weighted by atomic mass is 16.5. The van der Waals surface area contributed by atoms with E-state index in [1.54, 1.807) is 29.2 Å². The second kappa shape index (κ2) is 5.63. The van der Waals surface area contributed by atoms with E-state index in [0.717, 1.165) is 18.6 Å². The van der Waals surface area contributed by atoms with E-state index in [4.69, 9.17) is 4.74 Å². The Kier molecular flexibility index (Phi) is 3.81. The normalized spacial score (nSPS) is 26.8. The quantitative estimate of drug-likeness (QED) is 0.927. The largest absolute Gasteiger partial charge is 0.494 e. The topological polar surface area (TPSA) is 66.8 Å². The number of fused-ring (bicyclic) bond motifs is 1. The average molecular weight is 303 g/mol. The number of hydrogen-bond acceptors (Lipinski definition) is 3. The first-order chi connectivity index (χ1) is 10.6. The maximum absolute atomic E-state index is 12.6. The second-order valence-corrected chi connectivity index (χ2v) is 6.19. The van der Waals surface area contributed by atoms with E-state index in [9.17, 15) is 14.7 Å². The van der Waals surface area contributed by atoms with E-state index in [-0.39, 0.29) is 11.8 Å². The molecule has 1 aliphatic heterocycles. The smallest absolute Gasteiger partial charge is 0.311 e. The van der Waals surface area contributed by atoms with Gasteiger partial charge in [0.1, 0.15) is 5.75 Å². The lowest BCUT2D eigenvalue weighted by atomic mass is 9.81. The first kappa shape index (κ1) is 14.9. The van der Waals surface area contributed by atoms with Gasteiger partial charge < -0.3 is 14.7 Å². The number of rotatable bonds is 4. The molecule has 22 heavy (non-hydrogen) atoms. The number of carboxylic acid groups (broad SMARTS) is 1. The number of carbonyl (C=O) groups excluding carboxylic acids is 1. The molecule has 118 valence electrons. The molecule has 1 N–H and O–H groups in total. The van der Waals surface area contributed by atoms with Crippen molar-refractivity contribution in [3.05, 3.63) is 29.8 Å². The van der Waals surface area contributed by atoms with Crippen LogP contribution in [0.15, 0.2) is 24.3 Å². The number of likely N-dealkylation sites (tertiary alicyclic amines) is 1. The molecule has 1 heterocycles. The van der Waals surface area contributed by atoms with E-state index in [2.05, 4.69) is 0 Å². The second-order valence-electron chi connectivity index (χ2n) is 6.19. The number of benzene rings is 1. The van der Waals surface area contributed by atoms with E-state index < -0.39 is 11.4 Å². The van der Waals surface area contributed by atoms with Crippen molar-refractivity contribution in [2.45, 2.75) is 26.2 Å². The summed E-state index contributed by atoms with van der Waals surface area (Å²) in [5, 5.41) is 9.59. The fourth-order valence-electron chi connectivity index (χ4n) is 3.84. The van der Waals surface area contributed by atoms with Crippen LogP contribution in [-0.4, -0.2) is 41.6 Å². The van der Waals surface area contributed by atoms with E-state index >= 15 is 0 Å². The molecule has 2 aliphatic rings. The van der Waals surface area contributed by atoms with Crippen LogP contribution >= 0.6 is 0 Å². The molecule has 5 heteroatoms. The maximum atomic E-state index is 12.6. The van der Waals surface area contributed by atoms with Crippen LogP contribution < -0.4 is 4.74 Å². The molecule has 1 saturated heterocycles. The van der Waals surface area contributed by atoms with Crippen molar-refractivity contribution in [1.29, 1.82) is 0 Å². The number of amides is 1. The summed E-state index contributed by atoms with van der Waals surface area (Å²) in [6.07, 6.45) is 2.53. The fraction of sp³-hybridized carbons (Fsp3) is 0.529.